The maximum Gasteiger partial charge on any atom is 0.268 e. The molecule has 0 bridgehead atoms. The van der Waals surface area contributed by atoms with Gasteiger partial charge in [-0.1, -0.05) is 86.3 Å². The maximum absolute atomic E-state index is 13.2. The Morgan fingerprint density at radius 2 is 1.82 bits per heavy atom. The number of likely N-dealkylation sites (N-methyl/N-ethyl adjacent to an activating group) is 1. The Kier molecular flexibility index (Phi) is 22.3. The molecule has 4 atom stereocenters. The van der Waals surface area contributed by atoms with Gasteiger partial charge in [0.1, 0.15) is 23.4 Å². The number of amidine groups is 1. The normalized spacial score (nSPS) is 22.3. The van der Waals surface area contributed by atoms with E-state index < -0.39 is 17.7 Å². The molecule has 2 fully saturated rings. The quantitative estimate of drug-likeness (QED) is 0.138. The number of nitrogens with one attached hydrogen (secondary N) is 4. The van der Waals surface area contributed by atoms with E-state index in [4.69, 9.17) is 5.73 Å². The number of carbonyl (C=O) groups is 2. The highest BCUT2D eigenvalue weighted by molar-refractivity contribution is 5.96. The molecule has 2 saturated heterocycles. The largest absolute Gasteiger partial charge is 0.388 e. The van der Waals surface area contributed by atoms with Gasteiger partial charge < -0.3 is 26.0 Å². The molecule has 0 saturated carbocycles. The zero-order chi connectivity index (χ0) is 37.6. The summed E-state index contributed by atoms with van der Waals surface area (Å²) in [5, 5.41) is 20.3. The predicted octanol–water partition coefficient (Wildman–Crippen LogP) is 4.14. The van der Waals surface area contributed by atoms with Crippen LogP contribution in [0.2, 0.25) is 0 Å². The van der Waals surface area contributed by atoms with Gasteiger partial charge in [-0.2, -0.15) is 0 Å². The Bertz CT molecular complexity index is 1270. The lowest BCUT2D eigenvalue weighted by Crippen LogP contribution is -2.92. The van der Waals surface area contributed by atoms with Gasteiger partial charge in [0, 0.05) is 31.8 Å². The molecule has 0 radical (unpaired) electrons. The molecule has 0 spiro atoms. The van der Waals surface area contributed by atoms with Gasteiger partial charge in [-0.25, -0.2) is 0 Å². The van der Waals surface area contributed by atoms with Crippen LogP contribution in [0.3, 0.4) is 0 Å². The van der Waals surface area contributed by atoms with E-state index in [2.05, 4.69) is 70.8 Å². The van der Waals surface area contributed by atoms with Crippen molar-refractivity contribution in [3.8, 4) is 0 Å². The summed E-state index contributed by atoms with van der Waals surface area (Å²) >= 11 is 0. The fourth-order valence-corrected chi connectivity index (χ4v) is 5.93. The van der Waals surface area contributed by atoms with Crippen LogP contribution in [0.25, 0.3) is 0 Å². The molecule has 49 heavy (non-hydrogen) atoms. The first kappa shape index (κ1) is 45.1. The number of rotatable bonds is 8. The van der Waals surface area contributed by atoms with E-state index in [9.17, 15) is 14.7 Å². The standard InChI is InChI=1S/C24H35N5O2.C8H12N2O.C3H8.2C2H6/c1-4-8-21(25)28-20-13-26-15(2)29-14-19(22(30)24(20,29)3)27-23(31)18-12-7-10-16-9-5-6-11-17(16)18;1-4-5-6-10-7(2)8(11)9-3;1-3-2;2*1-2/h7,10,12,19-20,22,26,30H,2,4-6,8-9,11,13-14H2,1,3H3,(H2,25,28)(H,27,31);4-6H,2H2,1,3H3,(H,9,11);3H2,1-2H3;2*1-2H3/p+1/b;5-4-,10-6?;;;. The highest BCUT2D eigenvalue weighted by atomic mass is 16.3. The van der Waals surface area contributed by atoms with E-state index >= 15 is 0 Å². The molecular weight excluding hydrogens is 614 g/mol. The first-order chi connectivity index (χ1) is 23.5. The molecule has 3 aliphatic rings. The lowest BCUT2D eigenvalue weighted by atomic mass is 9.84. The molecule has 2 aliphatic heterocycles. The van der Waals surface area contributed by atoms with Crippen LogP contribution in [0, 0.1) is 0 Å². The van der Waals surface area contributed by atoms with Gasteiger partial charge in [0.25, 0.3) is 11.8 Å². The van der Waals surface area contributed by atoms with Gasteiger partial charge in [-0.3, -0.25) is 25.3 Å². The molecular formula is C39H68N7O3+. The lowest BCUT2D eigenvalue weighted by molar-refractivity contribution is -0.525. The number of aryl methyl sites for hydroxylation is 1. The fourth-order valence-electron chi connectivity index (χ4n) is 5.93. The predicted molar refractivity (Wildman–Crippen MR) is 207 cm³/mol. The molecule has 4 rings (SSSR count). The zero-order valence-corrected chi connectivity index (χ0v) is 32.2. The minimum atomic E-state index is -0.762. The molecule has 1 aliphatic carbocycles. The highest BCUT2D eigenvalue weighted by Crippen LogP contribution is 2.36. The summed E-state index contributed by atoms with van der Waals surface area (Å²) in [5.41, 5.74) is 8.94. The molecule has 10 heteroatoms. The summed E-state index contributed by atoms with van der Waals surface area (Å²) in [6.45, 7) is 26.9. The van der Waals surface area contributed by atoms with Crippen molar-refractivity contribution < 1.29 is 19.7 Å². The average molecular weight is 683 g/mol. The van der Waals surface area contributed by atoms with Gasteiger partial charge in [-0.05, 0) is 69.2 Å². The number of nitrogens with two attached hydrogens (primary N) is 1. The van der Waals surface area contributed by atoms with Crippen molar-refractivity contribution in [2.75, 3.05) is 20.1 Å². The Hall–Kier alpha value is -3.92. The number of aliphatic hydroxyl groups is 1. The Balaban J connectivity index is 0.00000107. The monoisotopic (exact) mass is 683 g/mol. The Morgan fingerprint density at radius 1 is 1.18 bits per heavy atom. The number of fused-ring (bicyclic) bond motifs is 2. The molecule has 10 nitrogen and oxygen atoms in total. The number of carbonyl (C=O) groups excluding carboxylic acids is 2. The molecule has 2 heterocycles. The van der Waals surface area contributed by atoms with E-state index in [1.807, 2.05) is 59.8 Å². The molecule has 7 N–H and O–H groups in total. The van der Waals surface area contributed by atoms with Crippen molar-refractivity contribution >= 4 is 23.9 Å². The Morgan fingerprint density at radius 3 is 2.41 bits per heavy atom. The van der Waals surface area contributed by atoms with Crippen LogP contribution in [-0.2, 0) is 17.6 Å². The second-order valence-corrected chi connectivity index (χ2v) is 11.8. The first-order valence-corrected chi connectivity index (χ1v) is 18.2. The van der Waals surface area contributed by atoms with Gasteiger partial charge in [0.2, 0.25) is 5.84 Å². The van der Waals surface area contributed by atoms with E-state index in [0.29, 0.717) is 13.1 Å². The third kappa shape index (κ3) is 12.8. The molecule has 1 aromatic rings. The SMILES string of the molecule is C=C(N=C/C=C\C)C(=O)NC.C=C1NCC([NH+]=C(N)CCC)C2(C)C(O)C(NC(=O)c3cccc4c3CCCC4)CN12.CC.CC.CCC. The first-order valence-electron chi connectivity index (χ1n) is 18.2. The number of amides is 2. The zero-order valence-electron chi connectivity index (χ0n) is 32.2. The summed E-state index contributed by atoms with van der Waals surface area (Å²) in [4.78, 5) is 33.2. The number of nitrogens with zero attached hydrogens (tertiary/aromatic N) is 2. The van der Waals surface area contributed by atoms with Gasteiger partial charge in [0.15, 0.2) is 0 Å². The number of hydrogen-bond acceptors (Lipinski definition) is 6. The molecule has 2 amide bonds. The number of hydrogen-bond donors (Lipinski definition) is 6. The molecule has 276 valence electrons. The number of aliphatic hydroxyl groups excluding tert-OH is 1. The topological polar surface area (TPSA) is 146 Å². The number of aliphatic imine (C=N–C) groups is 1. The van der Waals surface area contributed by atoms with Gasteiger partial charge in [0.05, 0.1) is 18.4 Å². The van der Waals surface area contributed by atoms with Crippen molar-refractivity contribution in [1.29, 1.82) is 0 Å². The van der Waals surface area contributed by atoms with Crippen LogP contribution in [0.15, 0.2) is 60.0 Å². The minimum Gasteiger partial charge on any atom is -0.388 e. The summed E-state index contributed by atoms with van der Waals surface area (Å²) in [6, 6.07) is 5.49. The van der Waals surface area contributed by atoms with Crippen molar-refractivity contribution in [2.45, 2.75) is 131 Å². The summed E-state index contributed by atoms with van der Waals surface area (Å²) < 4.78 is 0. The van der Waals surface area contributed by atoms with E-state index in [-0.39, 0.29) is 23.6 Å². The van der Waals surface area contributed by atoms with Gasteiger partial charge >= 0.3 is 0 Å². The summed E-state index contributed by atoms with van der Waals surface area (Å²) in [6.07, 6.45) is 11.6. The Labute approximate surface area is 297 Å². The second kappa shape index (κ2) is 24.3. The van der Waals surface area contributed by atoms with E-state index in [1.54, 1.807) is 13.1 Å². The van der Waals surface area contributed by atoms with Crippen molar-refractivity contribution in [2.24, 2.45) is 10.7 Å². The molecule has 1 aromatic carbocycles. The molecule has 4 unspecified atom stereocenters. The smallest absolute Gasteiger partial charge is 0.268 e. The van der Waals surface area contributed by atoms with Crippen LogP contribution in [-0.4, -0.2) is 77.7 Å². The maximum atomic E-state index is 13.2. The molecule has 0 aromatic heterocycles. The van der Waals surface area contributed by atoms with Crippen molar-refractivity contribution in [1.82, 2.24) is 20.9 Å². The van der Waals surface area contributed by atoms with Crippen LogP contribution >= 0.6 is 0 Å². The van der Waals surface area contributed by atoms with Crippen LogP contribution < -0.4 is 26.7 Å². The lowest BCUT2D eigenvalue weighted by Gasteiger charge is -2.46. The average Bonchev–Trinajstić information content (AvgIpc) is 3.38. The number of benzene rings is 1. The van der Waals surface area contributed by atoms with E-state index in [1.165, 1.54) is 24.6 Å². The highest BCUT2D eigenvalue weighted by Gasteiger charge is 2.58. The third-order valence-corrected chi connectivity index (χ3v) is 8.32. The van der Waals surface area contributed by atoms with Crippen LogP contribution in [0.1, 0.15) is 116 Å². The third-order valence-electron chi connectivity index (χ3n) is 8.32. The second-order valence-electron chi connectivity index (χ2n) is 11.8. The number of allylic oxidation sites excluding steroid dienone is 2. The van der Waals surface area contributed by atoms with Crippen molar-refractivity contribution in [3.05, 3.63) is 71.7 Å². The minimum absolute atomic E-state index is 0.105. The summed E-state index contributed by atoms with van der Waals surface area (Å²) in [7, 11) is 1.54. The fraction of sp³-hybridized carbons (Fsp3) is 0.590. The van der Waals surface area contributed by atoms with Crippen molar-refractivity contribution in [3.63, 3.8) is 0 Å². The summed E-state index contributed by atoms with van der Waals surface area (Å²) in [5.74, 6) is 1.12. The van der Waals surface area contributed by atoms with Crippen LogP contribution in [0.4, 0.5) is 0 Å². The van der Waals surface area contributed by atoms with Crippen LogP contribution in [0.5, 0.6) is 0 Å². The van der Waals surface area contributed by atoms with E-state index in [0.717, 1.165) is 54.9 Å². The van der Waals surface area contributed by atoms with Gasteiger partial charge in [-0.15, -0.1) is 0 Å².